The number of aryl methyl sites for hydroxylation is 1. The van der Waals surface area contributed by atoms with Crippen LogP contribution in [0.25, 0.3) is 0 Å². The Bertz CT molecular complexity index is 369. The van der Waals surface area contributed by atoms with E-state index in [1.54, 1.807) is 19.1 Å². The lowest BCUT2D eigenvalue weighted by atomic mass is 10.2. The molecule has 1 aliphatic carbocycles. The fourth-order valence-electron chi connectivity index (χ4n) is 1.50. The zero-order valence-electron chi connectivity index (χ0n) is 8.23. The standard InChI is InChI=1S/C10H11F3N2/c1-7-6-8(2-5-14-7)15-9(3-4-9)10(11,12)13/h2,5-6H,3-4H2,1H3,(H,14,15). The molecule has 1 heterocycles. The van der Waals surface area contributed by atoms with Gasteiger partial charge >= 0.3 is 6.18 Å². The molecule has 82 valence electrons. The molecule has 0 spiro atoms. The number of aromatic nitrogens is 1. The summed E-state index contributed by atoms with van der Waals surface area (Å²) < 4.78 is 37.8. The second-order valence-corrected chi connectivity index (χ2v) is 3.89. The fraction of sp³-hybridized carbons (Fsp3) is 0.500. The molecule has 0 aromatic carbocycles. The summed E-state index contributed by atoms with van der Waals surface area (Å²) in [6, 6.07) is 3.17. The van der Waals surface area contributed by atoms with Gasteiger partial charge in [-0.05, 0) is 31.9 Å². The normalized spacial score (nSPS) is 18.7. The molecule has 0 saturated heterocycles. The Morgan fingerprint density at radius 2 is 2.07 bits per heavy atom. The first-order valence-corrected chi connectivity index (χ1v) is 4.71. The highest BCUT2D eigenvalue weighted by Crippen LogP contribution is 2.51. The molecule has 5 heteroatoms. The first kappa shape index (κ1) is 10.3. The molecule has 1 aromatic rings. The number of anilines is 1. The van der Waals surface area contributed by atoms with Gasteiger partial charge in [-0.25, -0.2) is 0 Å². The SMILES string of the molecule is Cc1cc(NC2(C(F)(F)F)CC2)ccn1. The Labute approximate surface area is 85.5 Å². The van der Waals surface area contributed by atoms with Gasteiger partial charge in [-0.1, -0.05) is 0 Å². The molecular weight excluding hydrogens is 205 g/mol. The molecule has 0 unspecified atom stereocenters. The third kappa shape index (κ3) is 1.91. The molecule has 1 saturated carbocycles. The molecule has 1 aliphatic rings. The van der Waals surface area contributed by atoms with E-state index in [2.05, 4.69) is 10.3 Å². The highest BCUT2D eigenvalue weighted by atomic mass is 19.4. The lowest BCUT2D eigenvalue weighted by molar-refractivity contribution is -0.151. The molecule has 15 heavy (non-hydrogen) atoms. The number of hydrogen-bond acceptors (Lipinski definition) is 2. The Morgan fingerprint density at radius 3 is 2.53 bits per heavy atom. The number of nitrogens with one attached hydrogen (secondary N) is 1. The van der Waals surface area contributed by atoms with Gasteiger partial charge in [0, 0.05) is 17.6 Å². The van der Waals surface area contributed by atoms with Crippen LogP contribution in [0.2, 0.25) is 0 Å². The summed E-state index contributed by atoms with van der Waals surface area (Å²) in [4.78, 5) is 3.93. The highest BCUT2D eigenvalue weighted by Gasteiger charge is 2.63. The number of hydrogen-bond donors (Lipinski definition) is 1. The summed E-state index contributed by atoms with van der Waals surface area (Å²) in [5.41, 5.74) is -0.504. The van der Waals surface area contributed by atoms with Gasteiger partial charge in [0.15, 0.2) is 0 Å². The Morgan fingerprint density at radius 1 is 1.40 bits per heavy atom. The molecular formula is C10H11F3N2. The zero-order chi connectivity index (χ0) is 11.1. The molecule has 0 aliphatic heterocycles. The maximum atomic E-state index is 12.6. The van der Waals surface area contributed by atoms with Gasteiger partial charge in [-0.15, -0.1) is 0 Å². The van der Waals surface area contributed by atoms with Crippen molar-refractivity contribution in [1.82, 2.24) is 4.98 Å². The van der Waals surface area contributed by atoms with Gasteiger partial charge < -0.3 is 5.32 Å². The smallest absolute Gasteiger partial charge is 0.371 e. The number of pyridine rings is 1. The first-order valence-electron chi connectivity index (χ1n) is 4.71. The van der Waals surface area contributed by atoms with E-state index in [0.29, 0.717) is 11.4 Å². The summed E-state index contributed by atoms with van der Waals surface area (Å²) in [6.45, 7) is 1.75. The van der Waals surface area contributed by atoms with Crippen molar-refractivity contribution in [3.05, 3.63) is 24.0 Å². The van der Waals surface area contributed by atoms with Gasteiger partial charge in [-0.3, -0.25) is 4.98 Å². The van der Waals surface area contributed by atoms with Crippen LogP contribution in [-0.2, 0) is 0 Å². The van der Waals surface area contributed by atoms with Gasteiger partial charge in [-0.2, -0.15) is 13.2 Å². The third-order valence-corrected chi connectivity index (χ3v) is 2.57. The quantitative estimate of drug-likeness (QED) is 0.822. The third-order valence-electron chi connectivity index (χ3n) is 2.57. The summed E-state index contributed by atoms with van der Waals surface area (Å²) in [5.74, 6) is 0. The van der Waals surface area contributed by atoms with Crippen LogP contribution in [0.1, 0.15) is 18.5 Å². The van der Waals surface area contributed by atoms with Crippen molar-refractivity contribution in [3.8, 4) is 0 Å². The maximum absolute atomic E-state index is 12.6. The Balaban J connectivity index is 2.16. The van der Waals surface area contributed by atoms with Crippen LogP contribution in [-0.4, -0.2) is 16.7 Å². The minimum absolute atomic E-state index is 0.151. The van der Waals surface area contributed by atoms with E-state index in [0.717, 1.165) is 0 Å². The van der Waals surface area contributed by atoms with Crippen LogP contribution >= 0.6 is 0 Å². The van der Waals surface area contributed by atoms with Crippen LogP contribution in [0.15, 0.2) is 18.3 Å². The van der Waals surface area contributed by atoms with E-state index in [-0.39, 0.29) is 12.8 Å². The molecule has 1 aromatic heterocycles. The number of alkyl halides is 3. The molecule has 2 rings (SSSR count). The van der Waals surface area contributed by atoms with Gasteiger partial charge in [0.05, 0.1) is 0 Å². The number of nitrogens with zero attached hydrogens (tertiary/aromatic N) is 1. The predicted molar refractivity (Wildman–Crippen MR) is 50.6 cm³/mol. The van der Waals surface area contributed by atoms with E-state index < -0.39 is 11.7 Å². The van der Waals surface area contributed by atoms with Crippen LogP contribution in [0.3, 0.4) is 0 Å². The minimum Gasteiger partial charge on any atom is -0.371 e. The van der Waals surface area contributed by atoms with E-state index in [9.17, 15) is 13.2 Å². The van der Waals surface area contributed by atoms with Crippen molar-refractivity contribution < 1.29 is 13.2 Å². The monoisotopic (exact) mass is 216 g/mol. The van der Waals surface area contributed by atoms with E-state index in [1.807, 2.05) is 0 Å². The molecule has 0 bridgehead atoms. The van der Waals surface area contributed by atoms with E-state index in [4.69, 9.17) is 0 Å². The second kappa shape index (κ2) is 3.12. The summed E-state index contributed by atoms with van der Waals surface area (Å²) >= 11 is 0. The van der Waals surface area contributed by atoms with Crippen LogP contribution < -0.4 is 5.32 Å². The van der Waals surface area contributed by atoms with Crippen molar-refractivity contribution >= 4 is 5.69 Å². The highest BCUT2D eigenvalue weighted by molar-refractivity contribution is 5.48. The largest absolute Gasteiger partial charge is 0.411 e. The fourth-order valence-corrected chi connectivity index (χ4v) is 1.50. The summed E-state index contributed by atoms with van der Waals surface area (Å²) in [5, 5.41) is 2.55. The zero-order valence-corrected chi connectivity index (χ0v) is 8.23. The van der Waals surface area contributed by atoms with Crippen molar-refractivity contribution in [1.29, 1.82) is 0 Å². The molecule has 0 atom stereocenters. The van der Waals surface area contributed by atoms with Crippen molar-refractivity contribution in [2.45, 2.75) is 31.5 Å². The minimum atomic E-state index is -4.18. The molecule has 1 N–H and O–H groups in total. The van der Waals surface area contributed by atoms with Crippen LogP contribution in [0.5, 0.6) is 0 Å². The van der Waals surface area contributed by atoms with E-state index >= 15 is 0 Å². The Kier molecular flexibility index (Phi) is 2.13. The van der Waals surface area contributed by atoms with Gasteiger partial charge in [0.25, 0.3) is 0 Å². The second-order valence-electron chi connectivity index (χ2n) is 3.89. The lowest BCUT2D eigenvalue weighted by Gasteiger charge is -2.21. The molecule has 0 radical (unpaired) electrons. The Hall–Kier alpha value is -1.26. The predicted octanol–water partition coefficient (Wildman–Crippen LogP) is 2.90. The van der Waals surface area contributed by atoms with Crippen LogP contribution in [0, 0.1) is 6.92 Å². The van der Waals surface area contributed by atoms with Gasteiger partial charge in [0.1, 0.15) is 5.54 Å². The molecule has 1 fully saturated rings. The van der Waals surface area contributed by atoms with Crippen molar-refractivity contribution in [2.75, 3.05) is 5.32 Å². The molecule has 2 nitrogen and oxygen atoms in total. The lowest BCUT2D eigenvalue weighted by Crippen LogP contribution is -2.38. The average Bonchev–Trinajstić information content (AvgIpc) is 2.84. The summed E-state index contributed by atoms with van der Waals surface area (Å²) in [6.07, 6.45) is -2.37. The number of rotatable bonds is 2. The number of halogens is 3. The van der Waals surface area contributed by atoms with Crippen molar-refractivity contribution in [2.24, 2.45) is 0 Å². The first-order chi connectivity index (χ1) is 6.93. The maximum Gasteiger partial charge on any atom is 0.411 e. The average molecular weight is 216 g/mol. The van der Waals surface area contributed by atoms with E-state index in [1.165, 1.54) is 6.20 Å². The topological polar surface area (TPSA) is 24.9 Å². The van der Waals surface area contributed by atoms with Crippen LogP contribution in [0.4, 0.5) is 18.9 Å². The molecule has 0 amide bonds. The van der Waals surface area contributed by atoms with Crippen molar-refractivity contribution in [3.63, 3.8) is 0 Å². The van der Waals surface area contributed by atoms with Gasteiger partial charge in [0.2, 0.25) is 0 Å². The summed E-state index contributed by atoms with van der Waals surface area (Å²) in [7, 11) is 0.